The zero-order valence-electron chi connectivity index (χ0n) is 17.3. The van der Waals surface area contributed by atoms with Gasteiger partial charge in [0.05, 0.1) is 10.9 Å². The molecule has 2 aromatic heterocycles. The van der Waals surface area contributed by atoms with Crippen LogP contribution in [0.2, 0.25) is 5.02 Å². The second-order valence-corrected chi connectivity index (χ2v) is 7.79. The summed E-state index contributed by atoms with van der Waals surface area (Å²) < 4.78 is 1.54. The van der Waals surface area contributed by atoms with Gasteiger partial charge in [-0.15, -0.1) is 0 Å². The van der Waals surface area contributed by atoms with Gasteiger partial charge in [-0.1, -0.05) is 60.1 Å². The number of aromatic nitrogens is 2. The van der Waals surface area contributed by atoms with Gasteiger partial charge in [-0.25, -0.2) is 4.98 Å². The standard InChI is InChI=1S/C25H20ClN3O3/c1-16-11-12-19-24(32)20(23(31)17-7-3-2-4-8-17)14-29(25(19)28-16)15-22(30)27-13-18-9-5-6-10-21(18)26/h2-12,14H,13,15H2,1H3,(H,27,30). The molecule has 32 heavy (non-hydrogen) atoms. The molecule has 0 aliphatic rings. The van der Waals surface area contributed by atoms with Crippen LogP contribution in [0.15, 0.2) is 77.7 Å². The minimum Gasteiger partial charge on any atom is -0.350 e. The average molecular weight is 446 g/mol. The molecule has 0 aliphatic heterocycles. The molecule has 6 nitrogen and oxygen atoms in total. The molecule has 0 saturated carbocycles. The molecule has 2 heterocycles. The molecule has 0 radical (unpaired) electrons. The van der Waals surface area contributed by atoms with Crippen molar-refractivity contribution in [1.29, 1.82) is 0 Å². The first-order chi connectivity index (χ1) is 15.4. The molecule has 0 spiro atoms. The maximum atomic E-state index is 13.1. The number of nitrogens with zero attached hydrogens (tertiary/aromatic N) is 2. The van der Waals surface area contributed by atoms with Crippen molar-refractivity contribution in [1.82, 2.24) is 14.9 Å². The number of carbonyl (C=O) groups excluding carboxylic acids is 2. The number of hydrogen-bond acceptors (Lipinski definition) is 4. The van der Waals surface area contributed by atoms with Crippen LogP contribution in [0.5, 0.6) is 0 Å². The van der Waals surface area contributed by atoms with E-state index in [0.29, 0.717) is 21.9 Å². The van der Waals surface area contributed by atoms with Crippen LogP contribution in [0.3, 0.4) is 0 Å². The van der Waals surface area contributed by atoms with Crippen molar-refractivity contribution in [3.05, 3.63) is 111 Å². The molecule has 4 rings (SSSR count). The Balaban J connectivity index is 1.69. The van der Waals surface area contributed by atoms with E-state index in [1.165, 1.54) is 6.20 Å². The van der Waals surface area contributed by atoms with Gasteiger partial charge in [0.25, 0.3) is 0 Å². The predicted molar refractivity (Wildman–Crippen MR) is 124 cm³/mol. The van der Waals surface area contributed by atoms with Gasteiger partial charge in [0, 0.05) is 29.0 Å². The summed E-state index contributed by atoms with van der Waals surface area (Å²) in [6.07, 6.45) is 1.42. The number of nitrogens with one attached hydrogen (secondary N) is 1. The van der Waals surface area contributed by atoms with Crippen LogP contribution < -0.4 is 10.7 Å². The number of rotatable bonds is 6. The van der Waals surface area contributed by atoms with Crippen molar-refractivity contribution < 1.29 is 9.59 Å². The van der Waals surface area contributed by atoms with Crippen LogP contribution in [-0.2, 0) is 17.9 Å². The highest BCUT2D eigenvalue weighted by Crippen LogP contribution is 2.16. The Morgan fingerprint density at radius 1 is 1.00 bits per heavy atom. The van der Waals surface area contributed by atoms with Crippen LogP contribution >= 0.6 is 11.6 Å². The van der Waals surface area contributed by atoms with Gasteiger partial charge in [0.1, 0.15) is 12.2 Å². The molecule has 7 heteroatoms. The van der Waals surface area contributed by atoms with E-state index < -0.39 is 11.2 Å². The van der Waals surface area contributed by atoms with Gasteiger partial charge in [-0.3, -0.25) is 14.4 Å². The lowest BCUT2D eigenvalue weighted by atomic mass is 10.0. The molecular weight excluding hydrogens is 426 g/mol. The van der Waals surface area contributed by atoms with E-state index in [-0.39, 0.29) is 29.9 Å². The van der Waals surface area contributed by atoms with Crippen molar-refractivity contribution in [3.63, 3.8) is 0 Å². The van der Waals surface area contributed by atoms with Gasteiger partial charge in [0.2, 0.25) is 11.3 Å². The van der Waals surface area contributed by atoms with Crippen molar-refractivity contribution in [3.8, 4) is 0 Å². The Morgan fingerprint density at radius 3 is 2.47 bits per heavy atom. The molecule has 1 amide bonds. The lowest BCUT2D eigenvalue weighted by Gasteiger charge is -2.13. The van der Waals surface area contributed by atoms with Gasteiger partial charge in [-0.2, -0.15) is 0 Å². The molecule has 0 atom stereocenters. The molecule has 160 valence electrons. The summed E-state index contributed by atoms with van der Waals surface area (Å²) in [7, 11) is 0. The summed E-state index contributed by atoms with van der Waals surface area (Å²) >= 11 is 6.16. The first-order valence-corrected chi connectivity index (χ1v) is 10.4. The molecule has 2 aromatic carbocycles. The number of benzene rings is 2. The minimum atomic E-state index is -0.408. The topological polar surface area (TPSA) is 81.1 Å². The Morgan fingerprint density at radius 2 is 1.72 bits per heavy atom. The lowest BCUT2D eigenvalue weighted by molar-refractivity contribution is -0.121. The summed E-state index contributed by atoms with van der Waals surface area (Å²) in [6.45, 7) is 1.96. The molecule has 0 bridgehead atoms. The molecular formula is C25H20ClN3O3. The van der Waals surface area contributed by atoms with Crippen LogP contribution in [0.25, 0.3) is 11.0 Å². The number of carbonyl (C=O) groups is 2. The number of amides is 1. The fraction of sp³-hybridized carbons (Fsp3) is 0.120. The fourth-order valence-corrected chi connectivity index (χ4v) is 3.64. The first-order valence-electron chi connectivity index (χ1n) is 10.0. The van der Waals surface area contributed by atoms with E-state index in [9.17, 15) is 14.4 Å². The van der Waals surface area contributed by atoms with Gasteiger partial charge in [-0.05, 0) is 30.7 Å². The first kappa shape index (κ1) is 21.5. The molecule has 0 fully saturated rings. The third-order valence-electron chi connectivity index (χ3n) is 5.09. The van der Waals surface area contributed by atoms with Crippen molar-refractivity contribution in [2.45, 2.75) is 20.0 Å². The highest BCUT2D eigenvalue weighted by atomic mass is 35.5. The van der Waals surface area contributed by atoms with E-state index in [4.69, 9.17) is 11.6 Å². The van der Waals surface area contributed by atoms with Crippen molar-refractivity contribution >= 4 is 34.3 Å². The molecule has 0 unspecified atom stereocenters. The van der Waals surface area contributed by atoms with Gasteiger partial charge >= 0.3 is 0 Å². The molecule has 1 N–H and O–H groups in total. The second-order valence-electron chi connectivity index (χ2n) is 7.39. The third-order valence-corrected chi connectivity index (χ3v) is 5.46. The second kappa shape index (κ2) is 9.16. The highest BCUT2D eigenvalue weighted by Gasteiger charge is 2.19. The number of fused-ring (bicyclic) bond motifs is 1. The summed E-state index contributed by atoms with van der Waals surface area (Å²) in [5.74, 6) is -0.695. The van der Waals surface area contributed by atoms with Crippen molar-refractivity contribution in [2.75, 3.05) is 0 Å². The lowest BCUT2D eigenvalue weighted by Crippen LogP contribution is -2.29. The summed E-state index contributed by atoms with van der Waals surface area (Å²) in [5.41, 5.74) is 1.83. The van der Waals surface area contributed by atoms with Crippen LogP contribution in [0, 0.1) is 6.92 Å². The Kier molecular flexibility index (Phi) is 6.14. The normalized spacial score (nSPS) is 10.8. The Hall–Kier alpha value is -3.77. The van der Waals surface area contributed by atoms with Gasteiger partial charge < -0.3 is 9.88 Å². The number of halogens is 1. The summed E-state index contributed by atoms with van der Waals surface area (Å²) in [5, 5.41) is 3.68. The molecule has 0 aliphatic carbocycles. The van der Waals surface area contributed by atoms with Crippen LogP contribution in [-0.4, -0.2) is 21.2 Å². The van der Waals surface area contributed by atoms with E-state index in [1.807, 2.05) is 18.2 Å². The highest BCUT2D eigenvalue weighted by molar-refractivity contribution is 6.31. The third kappa shape index (κ3) is 4.45. The largest absolute Gasteiger partial charge is 0.350 e. The summed E-state index contributed by atoms with van der Waals surface area (Å²) in [4.78, 5) is 43.2. The quantitative estimate of drug-likeness (QED) is 0.456. The predicted octanol–water partition coefficient (Wildman–Crippen LogP) is 3.91. The van der Waals surface area contributed by atoms with Gasteiger partial charge in [0.15, 0.2) is 5.78 Å². The zero-order valence-corrected chi connectivity index (χ0v) is 18.1. The molecule has 4 aromatic rings. The monoisotopic (exact) mass is 445 g/mol. The Bertz CT molecular complexity index is 1380. The minimum absolute atomic E-state index is 0.00624. The maximum absolute atomic E-state index is 13.1. The molecule has 0 saturated heterocycles. The number of pyridine rings is 2. The van der Waals surface area contributed by atoms with E-state index in [0.717, 1.165) is 5.56 Å². The van der Waals surface area contributed by atoms with Crippen molar-refractivity contribution in [2.24, 2.45) is 0 Å². The zero-order chi connectivity index (χ0) is 22.7. The van der Waals surface area contributed by atoms with E-state index in [2.05, 4.69) is 10.3 Å². The number of aryl methyl sites for hydroxylation is 1. The van der Waals surface area contributed by atoms with E-state index in [1.54, 1.807) is 60.0 Å². The smallest absolute Gasteiger partial charge is 0.240 e. The maximum Gasteiger partial charge on any atom is 0.240 e. The van der Waals surface area contributed by atoms with Crippen LogP contribution in [0.4, 0.5) is 0 Å². The average Bonchev–Trinajstić information content (AvgIpc) is 2.80. The fourth-order valence-electron chi connectivity index (χ4n) is 3.43. The number of hydrogen-bond donors (Lipinski definition) is 1. The summed E-state index contributed by atoms with van der Waals surface area (Å²) in [6, 6.07) is 19.2. The van der Waals surface area contributed by atoms with Crippen LogP contribution in [0.1, 0.15) is 27.2 Å². The SMILES string of the molecule is Cc1ccc2c(=O)c(C(=O)c3ccccc3)cn(CC(=O)NCc3ccccc3Cl)c2n1. The van der Waals surface area contributed by atoms with E-state index >= 15 is 0 Å². The Labute approximate surface area is 189 Å². The number of ketones is 1.